The second-order valence-corrected chi connectivity index (χ2v) is 8.98. The van der Waals surface area contributed by atoms with Crippen molar-refractivity contribution in [1.29, 1.82) is 0 Å². The summed E-state index contributed by atoms with van der Waals surface area (Å²) in [4.78, 5) is 54.7. The van der Waals surface area contributed by atoms with E-state index in [1.165, 1.54) is 12.1 Å². The van der Waals surface area contributed by atoms with Crippen LogP contribution in [0.25, 0.3) is 0 Å². The number of para-hydroxylation sites is 1. The van der Waals surface area contributed by atoms with Crippen LogP contribution in [0.5, 0.6) is 0 Å². The molecule has 10 heteroatoms. The first-order chi connectivity index (χ1) is 15.4. The van der Waals surface area contributed by atoms with Crippen LogP contribution in [0.1, 0.15) is 18.4 Å². The van der Waals surface area contributed by atoms with Gasteiger partial charge in [0, 0.05) is 29.4 Å². The van der Waals surface area contributed by atoms with Gasteiger partial charge in [-0.05, 0) is 31.5 Å². The van der Waals surface area contributed by atoms with E-state index in [1.54, 1.807) is 6.07 Å². The summed E-state index contributed by atoms with van der Waals surface area (Å²) in [6, 6.07) is 10.6. The Kier molecular flexibility index (Phi) is 3.86. The molecule has 4 aliphatic heterocycles. The van der Waals surface area contributed by atoms with Gasteiger partial charge in [0.05, 0.1) is 27.5 Å². The summed E-state index contributed by atoms with van der Waals surface area (Å²) in [5, 5.41) is 14.3. The first-order valence-electron chi connectivity index (χ1n) is 10.4. The van der Waals surface area contributed by atoms with E-state index < -0.39 is 34.1 Å². The predicted molar refractivity (Wildman–Crippen MR) is 114 cm³/mol. The fourth-order valence-corrected chi connectivity index (χ4v) is 6.38. The van der Waals surface area contributed by atoms with E-state index >= 15 is 0 Å². The van der Waals surface area contributed by atoms with Crippen molar-refractivity contribution in [2.45, 2.75) is 24.4 Å². The molecule has 162 valence electrons. The highest BCUT2D eigenvalue weighted by Crippen LogP contribution is 2.60. The van der Waals surface area contributed by atoms with E-state index in [2.05, 4.69) is 5.32 Å². The molecule has 0 aliphatic carbocycles. The van der Waals surface area contributed by atoms with Crippen molar-refractivity contribution in [2.24, 2.45) is 11.8 Å². The fraction of sp³-hybridized carbons (Fsp3) is 0.318. The molecule has 2 aromatic carbocycles. The summed E-state index contributed by atoms with van der Waals surface area (Å²) in [6.07, 6.45) is 1.50. The van der Waals surface area contributed by atoms with Crippen molar-refractivity contribution in [3.63, 3.8) is 0 Å². The minimum Gasteiger partial charge on any atom is -0.324 e. The molecule has 0 saturated carbocycles. The molecule has 4 heterocycles. The lowest BCUT2D eigenvalue weighted by Gasteiger charge is -2.36. The molecule has 4 atom stereocenters. The van der Waals surface area contributed by atoms with Crippen molar-refractivity contribution >= 4 is 46.4 Å². The Balaban J connectivity index is 1.55. The Hall–Kier alpha value is -3.30. The average Bonchev–Trinajstić information content (AvgIpc) is 3.47. The van der Waals surface area contributed by atoms with Gasteiger partial charge >= 0.3 is 0 Å². The van der Waals surface area contributed by atoms with Crippen LogP contribution in [-0.4, -0.2) is 40.1 Å². The number of non-ortho nitro benzene ring substituents is 1. The number of fused-ring (bicyclic) bond motifs is 7. The molecule has 1 spiro atoms. The lowest BCUT2D eigenvalue weighted by atomic mass is 9.75. The molecular weight excluding hydrogens is 436 g/mol. The number of hydrogen-bond acceptors (Lipinski definition) is 6. The van der Waals surface area contributed by atoms with Gasteiger partial charge in [0.2, 0.25) is 17.7 Å². The normalized spacial score (nSPS) is 30.6. The Morgan fingerprint density at radius 3 is 2.69 bits per heavy atom. The molecule has 9 nitrogen and oxygen atoms in total. The minimum atomic E-state index is -1.28. The number of benzene rings is 2. The molecular formula is C22H17ClN4O5. The summed E-state index contributed by atoms with van der Waals surface area (Å²) in [5.74, 6) is -2.99. The number of nitro groups is 1. The van der Waals surface area contributed by atoms with Crippen molar-refractivity contribution in [3.05, 3.63) is 63.2 Å². The van der Waals surface area contributed by atoms with Crippen molar-refractivity contribution < 1.29 is 19.3 Å². The number of hydrogen-bond donors (Lipinski definition) is 1. The molecule has 1 N–H and O–H groups in total. The maximum atomic E-state index is 13.8. The third kappa shape index (κ3) is 2.14. The summed E-state index contributed by atoms with van der Waals surface area (Å²) in [6.45, 7) is 0.609. The molecule has 2 aromatic rings. The van der Waals surface area contributed by atoms with Gasteiger partial charge in [0.1, 0.15) is 5.54 Å². The minimum absolute atomic E-state index is 0.0170. The summed E-state index contributed by atoms with van der Waals surface area (Å²) in [7, 11) is 0. The monoisotopic (exact) mass is 452 g/mol. The number of amides is 3. The standard InChI is InChI=1S/C22H17ClN4O5/c23-13-8-7-11(27(31)32)10-16(13)26-19(28)17-15-6-3-9-25(15)22(18(17)20(26)29)12-4-1-2-5-14(12)24-21(22)30/h1-2,4-5,7-8,10,15,17-18H,3,6,9H2,(H,24,30)/t15-,17+,18+,22+/m1/s1. The van der Waals surface area contributed by atoms with Crippen LogP contribution in [0.15, 0.2) is 42.5 Å². The molecule has 3 fully saturated rings. The molecule has 6 rings (SSSR count). The number of nitrogens with one attached hydrogen (secondary N) is 1. The van der Waals surface area contributed by atoms with Crippen LogP contribution in [-0.2, 0) is 19.9 Å². The Labute approximate surface area is 187 Å². The van der Waals surface area contributed by atoms with Crippen LogP contribution in [0.2, 0.25) is 5.02 Å². The van der Waals surface area contributed by atoms with Crippen molar-refractivity contribution in [2.75, 3.05) is 16.8 Å². The largest absolute Gasteiger partial charge is 0.324 e. The van der Waals surface area contributed by atoms with Gasteiger partial charge < -0.3 is 5.32 Å². The van der Waals surface area contributed by atoms with Crippen LogP contribution in [0, 0.1) is 22.0 Å². The number of nitro benzene ring substituents is 1. The number of carbonyl (C=O) groups is 3. The maximum absolute atomic E-state index is 13.8. The van der Waals surface area contributed by atoms with E-state index in [0.717, 1.165) is 17.4 Å². The van der Waals surface area contributed by atoms with E-state index in [4.69, 9.17) is 11.6 Å². The van der Waals surface area contributed by atoms with Gasteiger partial charge in [-0.1, -0.05) is 29.8 Å². The van der Waals surface area contributed by atoms with Crippen LogP contribution < -0.4 is 10.2 Å². The highest BCUT2D eigenvalue weighted by molar-refractivity contribution is 6.36. The van der Waals surface area contributed by atoms with Gasteiger partial charge in [-0.3, -0.25) is 29.4 Å². The molecule has 32 heavy (non-hydrogen) atoms. The van der Waals surface area contributed by atoms with Crippen LogP contribution in [0.4, 0.5) is 17.1 Å². The molecule has 0 unspecified atom stereocenters. The zero-order valence-corrected chi connectivity index (χ0v) is 17.4. The second-order valence-electron chi connectivity index (χ2n) is 8.58. The zero-order chi connectivity index (χ0) is 22.4. The Bertz CT molecular complexity index is 1250. The molecule has 4 aliphatic rings. The molecule has 0 bridgehead atoms. The zero-order valence-electron chi connectivity index (χ0n) is 16.7. The number of anilines is 2. The first kappa shape index (κ1) is 19.4. The molecule has 3 amide bonds. The number of halogens is 1. The summed E-state index contributed by atoms with van der Waals surface area (Å²) >= 11 is 6.28. The molecule has 0 aromatic heterocycles. The second kappa shape index (κ2) is 6.36. The number of carbonyl (C=O) groups excluding carboxylic acids is 3. The number of imide groups is 1. The summed E-state index contributed by atoms with van der Waals surface area (Å²) in [5.41, 5.74) is -0.245. The van der Waals surface area contributed by atoms with Gasteiger partial charge in [-0.25, -0.2) is 4.90 Å². The van der Waals surface area contributed by atoms with E-state index in [-0.39, 0.29) is 28.3 Å². The predicted octanol–water partition coefficient (Wildman–Crippen LogP) is 2.68. The Morgan fingerprint density at radius 2 is 1.91 bits per heavy atom. The van der Waals surface area contributed by atoms with E-state index in [0.29, 0.717) is 24.2 Å². The average molecular weight is 453 g/mol. The first-order valence-corrected chi connectivity index (χ1v) is 10.7. The van der Waals surface area contributed by atoms with Gasteiger partial charge in [0.25, 0.3) is 5.69 Å². The maximum Gasteiger partial charge on any atom is 0.271 e. The highest BCUT2D eigenvalue weighted by Gasteiger charge is 2.74. The van der Waals surface area contributed by atoms with Crippen LogP contribution >= 0.6 is 11.6 Å². The quantitative estimate of drug-likeness (QED) is 0.426. The third-order valence-corrected chi connectivity index (χ3v) is 7.60. The van der Waals surface area contributed by atoms with Gasteiger partial charge in [-0.2, -0.15) is 0 Å². The lowest BCUT2D eigenvalue weighted by molar-refractivity contribution is -0.384. The van der Waals surface area contributed by atoms with Crippen molar-refractivity contribution in [1.82, 2.24) is 4.90 Å². The number of rotatable bonds is 2. The van der Waals surface area contributed by atoms with Gasteiger partial charge in [-0.15, -0.1) is 0 Å². The SMILES string of the molecule is O=C1[C@H]2[C@H]3CCCN3[C@]3(C(=O)Nc4ccccc43)[C@@H]2C(=O)N1c1cc([N+](=O)[O-])ccc1Cl. The topological polar surface area (TPSA) is 113 Å². The fourth-order valence-electron chi connectivity index (χ4n) is 6.18. The molecule has 0 radical (unpaired) electrons. The lowest BCUT2D eigenvalue weighted by Crippen LogP contribution is -2.54. The van der Waals surface area contributed by atoms with Crippen molar-refractivity contribution in [3.8, 4) is 0 Å². The van der Waals surface area contributed by atoms with Crippen LogP contribution in [0.3, 0.4) is 0 Å². The number of nitrogens with zero attached hydrogens (tertiary/aromatic N) is 3. The highest BCUT2D eigenvalue weighted by atomic mass is 35.5. The molecule has 3 saturated heterocycles. The van der Waals surface area contributed by atoms with Gasteiger partial charge in [0.15, 0.2) is 0 Å². The smallest absolute Gasteiger partial charge is 0.271 e. The van der Waals surface area contributed by atoms with E-state index in [9.17, 15) is 24.5 Å². The van der Waals surface area contributed by atoms with E-state index in [1.807, 2.05) is 23.1 Å². The third-order valence-electron chi connectivity index (χ3n) is 7.28. The summed E-state index contributed by atoms with van der Waals surface area (Å²) < 4.78 is 0. The Morgan fingerprint density at radius 1 is 1.12 bits per heavy atom.